The standard InChI is InChI=1S/C12H21NO3/c1-2-3-4-8-11(14)13-9-6-5-7-10(13)12(15)16/h10H,2-9H2,1H3,(H,15,16)/t10-/m1/s1. The van der Waals surface area contributed by atoms with Gasteiger partial charge in [0.05, 0.1) is 0 Å². The van der Waals surface area contributed by atoms with E-state index in [1.807, 2.05) is 0 Å². The van der Waals surface area contributed by atoms with Crippen molar-refractivity contribution in [3.05, 3.63) is 0 Å². The molecule has 16 heavy (non-hydrogen) atoms. The first kappa shape index (κ1) is 13.0. The summed E-state index contributed by atoms with van der Waals surface area (Å²) in [6, 6.07) is -0.581. The molecule has 1 aliphatic rings. The quantitative estimate of drug-likeness (QED) is 0.731. The van der Waals surface area contributed by atoms with Gasteiger partial charge in [0.25, 0.3) is 0 Å². The van der Waals surface area contributed by atoms with E-state index in [4.69, 9.17) is 5.11 Å². The molecule has 0 bridgehead atoms. The van der Waals surface area contributed by atoms with Crippen molar-refractivity contribution in [1.82, 2.24) is 4.90 Å². The van der Waals surface area contributed by atoms with Crippen LogP contribution in [0.4, 0.5) is 0 Å². The predicted octanol–water partition coefficient (Wildman–Crippen LogP) is 2.03. The molecule has 0 aromatic rings. The minimum absolute atomic E-state index is 0.0144. The summed E-state index contributed by atoms with van der Waals surface area (Å²) in [5.74, 6) is -0.843. The zero-order valence-corrected chi connectivity index (χ0v) is 9.95. The van der Waals surface area contributed by atoms with Crippen LogP contribution < -0.4 is 0 Å². The number of carboxylic acid groups (broad SMARTS) is 1. The molecule has 1 atom stereocenters. The van der Waals surface area contributed by atoms with Crippen LogP contribution >= 0.6 is 0 Å². The Morgan fingerprint density at radius 1 is 1.31 bits per heavy atom. The van der Waals surface area contributed by atoms with E-state index in [9.17, 15) is 9.59 Å². The molecule has 0 aliphatic carbocycles. The van der Waals surface area contributed by atoms with Gasteiger partial charge in [-0.05, 0) is 25.7 Å². The van der Waals surface area contributed by atoms with Crippen LogP contribution in [0, 0.1) is 0 Å². The van der Waals surface area contributed by atoms with Crippen molar-refractivity contribution in [2.24, 2.45) is 0 Å². The molecule has 1 fully saturated rings. The van der Waals surface area contributed by atoms with Crippen LogP contribution in [0.5, 0.6) is 0 Å². The monoisotopic (exact) mass is 227 g/mol. The van der Waals surface area contributed by atoms with Crippen LogP contribution in [0.3, 0.4) is 0 Å². The molecule has 1 heterocycles. The number of likely N-dealkylation sites (tertiary alicyclic amines) is 1. The Kier molecular flexibility index (Phi) is 5.29. The van der Waals surface area contributed by atoms with Gasteiger partial charge < -0.3 is 10.0 Å². The summed E-state index contributed by atoms with van der Waals surface area (Å²) in [5.41, 5.74) is 0. The lowest BCUT2D eigenvalue weighted by Gasteiger charge is -2.33. The molecule has 4 heteroatoms. The van der Waals surface area contributed by atoms with Crippen molar-refractivity contribution in [1.29, 1.82) is 0 Å². The number of hydrogen-bond donors (Lipinski definition) is 1. The highest BCUT2D eigenvalue weighted by molar-refractivity contribution is 5.83. The van der Waals surface area contributed by atoms with Gasteiger partial charge in [-0.1, -0.05) is 19.8 Å². The predicted molar refractivity (Wildman–Crippen MR) is 61.1 cm³/mol. The van der Waals surface area contributed by atoms with Crippen LogP contribution in [-0.2, 0) is 9.59 Å². The fourth-order valence-electron chi connectivity index (χ4n) is 2.16. The molecule has 1 saturated heterocycles. The SMILES string of the molecule is CCCCCC(=O)N1CCCC[C@@H]1C(=O)O. The van der Waals surface area contributed by atoms with Crippen LogP contribution in [0.1, 0.15) is 51.9 Å². The minimum Gasteiger partial charge on any atom is -0.480 e. The van der Waals surface area contributed by atoms with E-state index >= 15 is 0 Å². The molecule has 0 aromatic heterocycles. The van der Waals surface area contributed by atoms with Gasteiger partial charge in [0.15, 0.2) is 0 Å². The topological polar surface area (TPSA) is 57.6 Å². The van der Waals surface area contributed by atoms with Crippen LogP contribution in [0.25, 0.3) is 0 Å². The number of carboxylic acids is 1. The number of piperidine rings is 1. The van der Waals surface area contributed by atoms with E-state index in [0.29, 0.717) is 19.4 Å². The lowest BCUT2D eigenvalue weighted by atomic mass is 10.0. The third kappa shape index (κ3) is 3.51. The summed E-state index contributed by atoms with van der Waals surface area (Å²) in [5, 5.41) is 9.04. The van der Waals surface area contributed by atoms with Crippen molar-refractivity contribution in [3.8, 4) is 0 Å². The maximum absolute atomic E-state index is 11.9. The number of carbonyl (C=O) groups excluding carboxylic acids is 1. The number of aliphatic carboxylic acids is 1. The molecule has 1 amide bonds. The van der Waals surface area contributed by atoms with E-state index in [1.165, 1.54) is 0 Å². The third-order valence-corrected chi connectivity index (χ3v) is 3.10. The summed E-state index contributed by atoms with van der Waals surface area (Å²) in [7, 11) is 0. The van der Waals surface area contributed by atoms with E-state index < -0.39 is 12.0 Å². The van der Waals surface area contributed by atoms with Gasteiger partial charge in [-0.15, -0.1) is 0 Å². The first-order chi connectivity index (χ1) is 7.66. The lowest BCUT2D eigenvalue weighted by Crippen LogP contribution is -2.47. The Hall–Kier alpha value is -1.06. The molecule has 4 nitrogen and oxygen atoms in total. The van der Waals surface area contributed by atoms with Crippen molar-refractivity contribution in [2.75, 3.05) is 6.54 Å². The molecule has 0 radical (unpaired) electrons. The molecule has 0 unspecified atom stereocenters. The lowest BCUT2D eigenvalue weighted by molar-refractivity contribution is -0.152. The highest BCUT2D eigenvalue weighted by atomic mass is 16.4. The van der Waals surface area contributed by atoms with Crippen molar-refractivity contribution >= 4 is 11.9 Å². The average Bonchev–Trinajstić information content (AvgIpc) is 2.29. The number of nitrogens with zero attached hydrogens (tertiary/aromatic N) is 1. The Bertz CT molecular complexity index is 253. The zero-order chi connectivity index (χ0) is 12.0. The van der Waals surface area contributed by atoms with Gasteiger partial charge in [0.2, 0.25) is 5.91 Å². The number of carbonyl (C=O) groups is 2. The fourth-order valence-corrected chi connectivity index (χ4v) is 2.16. The Morgan fingerprint density at radius 3 is 2.69 bits per heavy atom. The molecule has 92 valence electrons. The van der Waals surface area contributed by atoms with Gasteiger partial charge in [-0.2, -0.15) is 0 Å². The second-order valence-corrected chi connectivity index (χ2v) is 4.39. The van der Waals surface area contributed by atoms with Crippen LogP contribution in [0.15, 0.2) is 0 Å². The summed E-state index contributed by atoms with van der Waals surface area (Å²) >= 11 is 0. The summed E-state index contributed by atoms with van der Waals surface area (Å²) in [6.07, 6.45) is 5.94. The largest absolute Gasteiger partial charge is 0.480 e. The summed E-state index contributed by atoms with van der Waals surface area (Å²) in [6.45, 7) is 2.70. The highest BCUT2D eigenvalue weighted by Gasteiger charge is 2.31. The third-order valence-electron chi connectivity index (χ3n) is 3.10. The van der Waals surface area contributed by atoms with Crippen molar-refractivity contribution < 1.29 is 14.7 Å². The molecule has 0 spiro atoms. The average molecular weight is 227 g/mol. The molecule has 0 aromatic carbocycles. The minimum atomic E-state index is -0.858. The van der Waals surface area contributed by atoms with E-state index in [-0.39, 0.29) is 5.91 Å². The van der Waals surface area contributed by atoms with E-state index in [1.54, 1.807) is 4.90 Å². The highest BCUT2D eigenvalue weighted by Crippen LogP contribution is 2.18. The van der Waals surface area contributed by atoms with Crippen LogP contribution in [-0.4, -0.2) is 34.5 Å². The molecular weight excluding hydrogens is 206 g/mol. The summed E-state index contributed by atoms with van der Waals surface area (Å²) in [4.78, 5) is 24.4. The smallest absolute Gasteiger partial charge is 0.326 e. The number of rotatable bonds is 5. The zero-order valence-electron chi connectivity index (χ0n) is 9.95. The normalized spacial score (nSPS) is 20.8. The molecule has 1 N–H and O–H groups in total. The first-order valence-corrected chi connectivity index (χ1v) is 6.19. The second kappa shape index (κ2) is 6.51. The van der Waals surface area contributed by atoms with Gasteiger partial charge >= 0.3 is 5.97 Å². The van der Waals surface area contributed by atoms with E-state index in [2.05, 4.69) is 6.92 Å². The maximum Gasteiger partial charge on any atom is 0.326 e. The fraction of sp³-hybridized carbons (Fsp3) is 0.833. The Morgan fingerprint density at radius 2 is 2.06 bits per heavy atom. The van der Waals surface area contributed by atoms with E-state index in [0.717, 1.165) is 32.1 Å². The Balaban J connectivity index is 2.47. The number of hydrogen-bond acceptors (Lipinski definition) is 2. The first-order valence-electron chi connectivity index (χ1n) is 6.19. The number of amides is 1. The molecule has 1 rings (SSSR count). The van der Waals surface area contributed by atoms with Gasteiger partial charge in [-0.25, -0.2) is 4.79 Å². The van der Waals surface area contributed by atoms with Gasteiger partial charge in [-0.3, -0.25) is 4.79 Å². The molecular formula is C12H21NO3. The maximum atomic E-state index is 11.9. The number of unbranched alkanes of at least 4 members (excludes halogenated alkanes) is 2. The van der Waals surface area contributed by atoms with Gasteiger partial charge in [0.1, 0.15) is 6.04 Å². The molecule has 1 aliphatic heterocycles. The van der Waals surface area contributed by atoms with Crippen LogP contribution in [0.2, 0.25) is 0 Å². The summed E-state index contributed by atoms with van der Waals surface area (Å²) < 4.78 is 0. The Labute approximate surface area is 96.6 Å². The van der Waals surface area contributed by atoms with Crippen molar-refractivity contribution in [3.63, 3.8) is 0 Å². The van der Waals surface area contributed by atoms with Gasteiger partial charge in [0, 0.05) is 13.0 Å². The van der Waals surface area contributed by atoms with Crippen molar-refractivity contribution in [2.45, 2.75) is 57.9 Å². The molecule has 0 saturated carbocycles. The second-order valence-electron chi connectivity index (χ2n) is 4.39.